The predicted octanol–water partition coefficient (Wildman–Crippen LogP) is 4.18. The number of aryl methyl sites for hydroxylation is 1. The molecule has 0 atom stereocenters. The number of hydrogen-bond donors (Lipinski definition) is 1. The minimum atomic E-state index is -0.534. The number of oxazole rings is 1. The maximum Gasteiger partial charge on any atom is 0.255 e. The van der Waals surface area contributed by atoms with Crippen LogP contribution in [0.2, 0.25) is 5.02 Å². The maximum atomic E-state index is 13.1. The van der Waals surface area contributed by atoms with E-state index in [1.54, 1.807) is 25.1 Å². The van der Waals surface area contributed by atoms with Gasteiger partial charge in [-0.3, -0.25) is 4.79 Å². The second kappa shape index (κ2) is 5.18. The molecular formula is C15H10ClFN2O2. The van der Waals surface area contributed by atoms with Crippen LogP contribution in [0.1, 0.15) is 16.2 Å². The number of aromatic nitrogens is 1. The van der Waals surface area contributed by atoms with Crippen LogP contribution in [0.25, 0.3) is 11.1 Å². The number of nitrogens with one attached hydrogen (secondary N) is 1. The number of rotatable bonds is 2. The Hall–Kier alpha value is -2.40. The fourth-order valence-corrected chi connectivity index (χ4v) is 2.14. The molecule has 0 saturated heterocycles. The first kappa shape index (κ1) is 13.6. The van der Waals surface area contributed by atoms with E-state index in [-0.39, 0.29) is 10.9 Å². The average molecular weight is 305 g/mol. The van der Waals surface area contributed by atoms with Crippen molar-refractivity contribution < 1.29 is 13.6 Å². The van der Waals surface area contributed by atoms with Crippen LogP contribution in [-0.4, -0.2) is 10.9 Å². The van der Waals surface area contributed by atoms with E-state index in [2.05, 4.69) is 10.3 Å². The first-order chi connectivity index (χ1) is 10.0. The predicted molar refractivity (Wildman–Crippen MR) is 78.1 cm³/mol. The number of hydrogen-bond acceptors (Lipinski definition) is 3. The second-order valence-corrected chi connectivity index (χ2v) is 4.91. The quantitative estimate of drug-likeness (QED) is 0.772. The van der Waals surface area contributed by atoms with Gasteiger partial charge in [-0.25, -0.2) is 9.37 Å². The van der Waals surface area contributed by atoms with Gasteiger partial charge in [0, 0.05) is 18.2 Å². The van der Waals surface area contributed by atoms with Crippen molar-refractivity contribution in [2.24, 2.45) is 0 Å². The van der Waals surface area contributed by atoms with Crippen molar-refractivity contribution in [1.29, 1.82) is 0 Å². The summed E-state index contributed by atoms with van der Waals surface area (Å²) in [4.78, 5) is 16.3. The molecule has 3 aromatic rings. The molecule has 0 saturated carbocycles. The molecule has 1 aromatic heterocycles. The van der Waals surface area contributed by atoms with Crippen LogP contribution in [0.15, 0.2) is 40.8 Å². The van der Waals surface area contributed by atoms with E-state index >= 15 is 0 Å². The summed E-state index contributed by atoms with van der Waals surface area (Å²) in [6.45, 7) is 1.74. The Kier molecular flexibility index (Phi) is 3.35. The number of halogens is 2. The lowest BCUT2D eigenvalue weighted by Gasteiger charge is -2.05. The van der Waals surface area contributed by atoms with Gasteiger partial charge in [0.2, 0.25) is 0 Å². The fourth-order valence-electron chi connectivity index (χ4n) is 1.96. The van der Waals surface area contributed by atoms with Crippen molar-refractivity contribution in [3.63, 3.8) is 0 Å². The molecule has 0 bridgehead atoms. The molecule has 21 heavy (non-hydrogen) atoms. The van der Waals surface area contributed by atoms with Gasteiger partial charge in [-0.1, -0.05) is 11.6 Å². The lowest BCUT2D eigenvalue weighted by molar-refractivity contribution is 0.102. The molecule has 6 heteroatoms. The minimum absolute atomic E-state index is 0.0471. The number of carbonyl (C=O) groups is 1. The Balaban J connectivity index is 1.87. The zero-order valence-corrected chi connectivity index (χ0v) is 11.7. The Labute approximate surface area is 124 Å². The normalized spacial score (nSPS) is 10.8. The summed E-state index contributed by atoms with van der Waals surface area (Å²) < 4.78 is 18.5. The van der Waals surface area contributed by atoms with Gasteiger partial charge in [0.25, 0.3) is 5.91 Å². The Bertz CT molecular complexity index is 845. The van der Waals surface area contributed by atoms with Gasteiger partial charge in [0.15, 0.2) is 11.5 Å². The molecule has 0 aliphatic heterocycles. The molecule has 3 rings (SSSR count). The summed E-state index contributed by atoms with van der Waals surface area (Å²) in [6, 6.07) is 8.95. The van der Waals surface area contributed by atoms with Gasteiger partial charge in [-0.15, -0.1) is 0 Å². The van der Waals surface area contributed by atoms with E-state index in [1.807, 2.05) is 0 Å². The van der Waals surface area contributed by atoms with Crippen molar-refractivity contribution >= 4 is 34.3 Å². The van der Waals surface area contributed by atoms with Crippen LogP contribution in [0.3, 0.4) is 0 Å². The highest BCUT2D eigenvalue weighted by Gasteiger charge is 2.10. The summed E-state index contributed by atoms with van der Waals surface area (Å²) in [7, 11) is 0. The highest BCUT2D eigenvalue weighted by Crippen LogP contribution is 2.21. The van der Waals surface area contributed by atoms with E-state index in [1.165, 1.54) is 18.2 Å². The van der Waals surface area contributed by atoms with Gasteiger partial charge < -0.3 is 9.73 Å². The third-order valence-corrected chi connectivity index (χ3v) is 3.22. The topological polar surface area (TPSA) is 55.1 Å². The molecule has 2 aromatic carbocycles. The number of amides is 1. The molecule has 0 fully saturated rings. The highest BCUT2D eigenvalue weighted by molar-refractivity contribution is 6.31. The smallest absolute Gasteiger partial charge is 0.255 e. The maximum absolute atomic E-state index is 13.1. The Morgan fingerprint density at radius 1 is 1.29 bits per heavy atom. The lowest BCUT2D eigenvalue weighted by atomic mass is 10.2. The molecule has 1 heterocycles. The van der Waals surface area contributed by atoms with Crippen LogP contribution in [0.5, 0.6) is 0 Å². The number of anilines is 1. The van der Waals surface area contributed by atoms with Crippen molar-refractivity contribution in [2.45, 2.75) is 6.92 Å². The van der Waals surface area contributed by atoms with Gasteiger partial charge in [0.1, 0.15) is 11.3 Å². The van der Waals surface area contributed by atoms with Crippen LogP contribution >= 0.6 is 11.6 Å². The fraction of sp³-hybridized carbons (Fsp3) is 0.0667. The first-order valence-corrected chi connectivity index (χ1v) is 6.54. The number of nitrogens with zero attached hydrogens (tertiary/aromatic N) is 1. The molecule has 1 N–H and O–H groups in total. The van der Waals surface area contributed by atoms with Crippen LogP contribution in [0.4, 0.5) is 10.1 Å². The summed E-state index contributed by atoms with van der Waals surface area (Å²) in [6.07, 6.45) is 0. The van der Waals surface area contributed by atoms with Crippen LogP contribution in [0, 0.1) is 12.7 Å². The Morgan fingerprint density at radius 2 is 2.10 bits per heavy atom. The number of carbonyl (C=O) groups excluding carboxylic acids is 1. The average Bonchev–Trinajstić information content (AvgIpc) is 2.82. The van der Waals surface area contributed by atoms with E-state index in [0.717, 1.165) is 0 Å². The lowest BCUT2D eigenvalue weighted by Crippen LogP contribution is -2.11. The minimum Gasteiger partial charge on any atom is -0.441 e. The molecule has 4 nitrogen and oxygen atoms in total. The van der Waals surface area contributed by atoms with Gasteiger partial charge >= 0.3 is 0 Å². The summed E-state index contributed by atoms with van der Waals surface area (Å²) in [5.41, 5.74) is 2.06. The van der Waals surface area contributed by atoms with E-state index in [9.17, 15) is 9.18 Å². The van der Waals surface area contributed by atoms with Gasteiger partial charge in [-0.05, 0) is 36.4 Å². The van der Waals surface area contributed by atoms with Crippen molar-refractivity contribution in [2.75, 3.05) is 5.32 Å². The van der Waals surface area contributed by atoms with E-state index < -0.39 is 5.82 Å². The molecule has 0 unspecified atom stereocenters. The summed E-state index contributed by atoms with van der Waals surface area (Å²) >= 11 is 5.67. The standard InChI is InChI=1S/C15H10ClFN2O2/c1-8-18-13-5-2-9(6-14(13)21-8)15(20)19-10-3-4-12(17)11(16)7-10/h2-7H,1H3,(H,19,20). The monoisotopic (exact) mass is 304 g/mol. The zero-order chi connectivity index (χ0) is 15.0. The molecular weight excluding hydrogens is 295 g/mol. The van der Waals surface area contributed by atoms with Crippen molar-refractivity contribution in [3.8, 4) is 0 Å². The Morgan fingerprint density at radius 3 is 2.86 bits per heavy atom. The molecule has 106 valence electrons. The molecule has 0 aliphatic rings. The van der Waals surface area contributed by atoms with Crippen LogP contribution in [-0.2, 0) is 0 Å². The molecule has 1 amide bonds. The third kappa shape index (κ3) is 2.73. The largest absolute Gasteiger partial charge is 0.441 e. The van der Waals surface area contributed by atoms with Crippen LogP contribution < -0.4 is 5.32 Å². The zero-order valence-electron chi connectivity index (χ0n) is 11.0. The van der Waals surface area contributed by atoms with E-state index in [0.29, 0.717) is 28.2 Å². The highest BCUT2D eigenvalue weighted by atomic mass is 35.5. The number of benzene rings is 2. The molecule has 0 radical (unpaired) electrons. The molecule has 0 aliphatic carbocycles. The summed E-state index contributed by atoms with van der Waals surface area (Å²) in [5.74, 6) is -0.338. The third-order valence-electron chi connectivity index (χ3n) is 2.94. The van der Waals surface area contributed by atoms with Crippen molar-refractivity contribution in [3.05, 3.63) is 58.7 Å². The summed E-state index contributed by atoms with van der Waals surface area (Å²) in [5, 5.41) is 2.60. The van der Waals surface area contributed by atoms with Gasteiger partial charge in [0.05, 0.1) is 5.02 Å². The first-order valence-electron chi connectivity index (χ1n) is 6.16. The van der Waals surface area contributed by atoms with Crippen molar-refractivity contribution in [1.82, 2.24) is 4.98 Å². The van der Waals surface area contributed by atoms with Gasteiger partial charge in [-0.2, -0.15) is 0 Å². The SMILES string of the molecule is Cc1nc2ccc(C(=O)Nc3ccc(F)c(Cl)c3)cc2o1. The molecule has 0 spiro atoms. The second-order valence-electron chi connectivity index (χ2n) is 4.50. The van der Waals surface area contributed by atoms with E-state index in [4.69, 9.17) is 16.0 Å². The number of fused-ring (bicyclic) bond motifs is 1.